The molecular weight excluding hydrogens is 389 g/mol. The summed E-state index contributed by atoms with van der Waals surface area (Å²) in [7, 11) is 2.16. The minimum Gasteiger partial charge on any atom is -0.292 e. The van der Waals surface area contributed by atoms with E-state index in [1.807, 2.05) is 0 Å². The smallest absolute Gasteiger partial charge is 0.292 e. The number of hydrogen-bond donors (Lipinski definition) is 1. The maximum Gasteiger partial charge on any atom is 0.431 e. The lowest BCUT2D eigenvalue weighted by Gasteiger charge is -2.14. The van der Waals surface area contributed by atoms with Gasteiger partial charge in [-0.2, -0.15) is 17.5 Å². The van der Waals surface area contributed by atoms with Crippen LogP contribution in [-0.4, -0.2) is 26.5 Å². The van der Waals surface area contributed by atoms with Crippen LogP contribution in [0.15, 0.2) is 33.9 Å². The lowest BCUT2D eigenvalue weighted by molar-refractivity contribution is -0.144. The highest BCUT2D eigenvalue weighted by Gasteiger charge is 2.35. The second-order valence-electron chi connectivity index (χ2n) is 5.39. The van der Waals surface area contributed by atoms with E-state index >= 15 is 0 Å². The molecule has 2 heterocycles. The molecule has 1 amide bonds. The number of benzene rings is 1. The summed E-state index contributed by atoms with van der Waals surface area (Å²) in [5.41, 5.74) is -1.56. The SMILES string of the molecule is CONC(=O)c1nsc2ccc(-n3c(=O)cc(C(F)(F)F)n(C)c3=O)cc12. The van der Waals surface area contributed by atoms with Gasteiger partial charge in [0, 0.05) is 18.5 Å². The van der Waals surface area contributed by atoms with Crippen molar-refractivity contribution in [2.75, 3.05) is 7.11 Å². The van der Waals surface area contributed by atoms with E-state index in [2.05, 4.69) is 14.7 Å². The average molecular weight is 400 g/mol. The minimum atomic E-state index is -4.85. The van der Waals surface area contributed by atoms with Crippen LogP contribution in [0.5, 0.6) is 0 Å². The molecule has 2 aromatic heterocycles. The Labute approximate surface area is 152 Å². The molecule has 0 aliphatic rings. The van der Waals surface area contributed by atoms with Crippen molar-refractivity contribution in [3.05, 3.63) is 56.5 Å². The maximum atomic E-state index is 13.0. The minimum absolute atomic E-state index is 0.00418. The van der Waals surface area contributed by atoms with Gasteiger partial charge in [-0.25, -0.2) is 14.8 Å². The second-order valence-corrected chi connectivity index (χ2v) is 6.19. The van der Waals surface area contributed by atoms with Crippen molar-refractivity contribution in [2.24, 2.45) is 7.05 Å². The van der Waals surface area contributed by atoms with Gasteiger partial charge in [-0.1, -0.05) is 0 Å². The van der Waals surface area contributed by atoms with Gasteiger partial charge < -0.3 is 0 Å². The number of nitrogens with zero attached hydrogens (tertiary/aromatic N) is 3. The van der Waals surface area contributed by atoms with Crippen molar-refractivity contribution in [3.63, 3.8) is 0 Å². The molecule has 0 aliphatic heterocycles. The normalized spacial score (nSPS) is 11.7. The number of hydroxylamine groups is 1. The fraction of sp³-hybridized carbons (Fsp3) is 0.200. The third kappa shape index (κ3) is 3.24. The third-order valence-corrected chi connectivity index (χ3v) is 4.56. The van der Waals surface area contributed by atoms with Gasteiger partial charge in [0.25, 0.3) is 11.5 Å². The summed E-state index contributed by atoms with van der Waals surface area (Å²) in [6, 6.07) is 4.57. The number of halogens is 3. The standard InChI is InChI=1S/C15H11F3N4O4S/c1-21-10(15(16,17)18)6-11(23)22(14(21)25)7-3-4-9-8(5-7)12(20-27-9)13(24)19-26-2/h3-6H,1-2H3,(H,19,24). The summed E-state index contributed by atoms with van der Waals surface area (Å²) in [5.74, 6) is -0.645. The molecule has 0 fully saturated rings. The van der Waals surface area contributed by atoms with E-state index in [9.17, 15) is 27.6 Å². The quantitative estimate of drug-likeness (QED) is 0.672. The van der Waals surface area contributed by atoms with E-state index < -0.39 is 29.0 Å². The summed E-state index contributed by atoms with van der Waals surface area (Å²) in [4.78, 5) is 41.1. The van der Waals surface area contributed by atoms with Crippen LogP contribution in [0.2, 0.25) is 0 Å². The average Bonchev–Trinajstić information content (AvgIpc) is 3.01. The summed E-state index contributed by atoms with van der Waals surface area (Å²) in [6.45, 7) is 0. The van der Waals surface area contributed by atoms with E-state index in [-0.39, 0.29) is 11.4 Å². The number of hydrogen-bond acceptors (Lipinski definition) is 6. The Bertz CT molecular complexity index is 1160. The van der Waals surface area contributed by atoms with Crippen molar-refractivity contribution in [3.8, 4) is 5.69 Å². The molecule has 0 radical (unpaired) electrons. The van der Waals surface area contributed by atoms with Crippen LogP contribution < -0.4 is 16.7 Å². The van der Waals surface area contributed by atoms with E-state index in [4.69, 9.17) is 0 Å². The first-order chi connectivity index (χ1) is 12.6. The third-order valence-electron chi connectivity index (χ3n) is 3.73. The number of carbonyl (C=O) groups is 1. The number of carbonyl (C=O) groups excluding carboxylic acids is 1. The van der Waals surface area contributed by atoms with Crippen LogP contribution in [0.3, 0.4) is 0 Å². The molecule has 3 aromatic rings. The summed E-state index contributed by atoms with van der Waals surface area (Å²) in [5, 5.41) is 0.320. The zero-order valence-electron chi connectivity index (χ0n) is 13.8. The molecule has 142 valence electrons. The van der Waals surface area contributed by atoms with Crippen molar-refractivity contribution in [2.45, 2.75) is 6.18 Å². The van der Waals surface area contributed by atoms with E-state index in [1.165, 1.54) is 25.3 Å². The van der Waals surface area contributed by atoms with Crippen LogP contribution in [-0.2, 0) is 18.1 Å². The molecule has 1 aromatic carbocycles. The van der Waals surface area contributed by atoms with Crippen LogP contribution in [0.1, 0.15) is 16.2 Å². The maximum absolute atomic E-state index is 13.0. The van der Waals surface area contributed by atoms with Crippen molar-refractivity contribution >= 4 is 27.5 Å². The molecule has 27 heavy (non-hydrogen) atoms. The van der Waals surface area contributed by atoms with Gasteiger partial charge in [-0.05, 0) is 29.7 Å². The molecule has 0 atom stereocenters. The summed E-state index contributed by atoms with van der Waals surface area (Å²) in [6.07, 6.45) is -4.85. The highest BCUT2D eigenvalue weighted by Crippen LogP contribution is 2.28. The number of nitrogens with one attached hydrogen (secondary N) is 1. The van der Waals surface area contributed by atoms with Gasteiger partial charge in [0.15, 0.2) is 5.69 Å². The Hall–Kier alpha value is -2.99. The van der Waals surface area contributed by atoms with Gasteiger partial charge in [-0.15, -0.1) is 0 Å². The predicted molar refractivity (Wildman–Crippen MR) is 89.9 cm³/mol. The van der Waals surface area contributed by atoms with E-state index in [1.54, 1.807) is 0 Å². The monoisotopic (exact) mass is 400 g/mol. The number of rotatable bonds is 3. The number of alkyl halides is 3. The Balaban J connectivity index is 2.23. The predicted octanol–water partition coefficient (Wildman–Crippen LogP) is 1.46. The summed E-state index contributed by atoms with van der Waals surface area (Å²) < 4.78 is 44.4. The lowest BCUT2D eigenvalue weighted by atomic mass is 10.2. The molecule has 8 nitrogen and oxygen atoms in total. The van der Waals surface area contributed by atoms with Gasteiger partial charge >= 0.3 is 11.9 Å². The summed E-state index contributed by atoms with van der Waals surface area (Å²) >= 11 is 1.00. The topological polar surface area (TPSA) is 95.2 Å². The van der Waals surface area contributed by atoms with Crippen molar-refractivity contribution in [1.82, 2.24) is 19.0 Å². The van der Waals surface area contributed by atoms with Gasteiger partial charge in [-0.3, -0.25) is 19.0 Å². The Morgan fingerprint density at radius 1 is 1.26 bits per heavy atom. The molecule has 3 rings (SSSR count). The molecule has 0 saturated carbocycles. The number of fused-ring (bicyclic) bond motifs is 1. The van der Waals surface area contributed by atoms with Crippen molar-refractivity contribution in [1.29, 1.82) is 0 Å². The Kier molecular flexibility index (Phi) is 4.61. The molecule has 12 heteroatoms. The molecule has 0 bridgehead atoms. The molecule has 0 spiro atoms. The first kappa shape index (κ1) is 18.8. The zero-order chi connectivity index (χ0) is 19.9. The Morgan fingerprint density at radius 2 is 1.96 bits per heavy atom. The van der Waals surface area contributed by atoms with Crippen LogP contribution in [0.4, 0.5) is 13.2 Å². The van der Waals surface area contributed by atoms with E-state index in [0.717, 1.165) is 18.6 Å². The van der Waals surface area contributed by atoms with Crippen molar-refractivity contribution < 1.29 is 22.8 Å². The van der Waals surface area contributed by atoms with Gasteiger partial charge in [0.2, 0.25) is 0 Å². The van der Waals surface area contributed by atoms with Gasteiger partial charge in [0.05, 0.1) is 17.5 Å². The fourth-order valence-corrected chi connectivity index (χ4v) is 3.26. The largest absolute Gasteiger partial charge is 0.431 e. The molecule has 0 unspecified atom stereocenters. The molecule has 0 saturated heterocycles. The second kappa shape index (κ2) is 6.63. The highest BCUT2D eigenvalue weighted by atomic mass is 32.1. The first-order valence-corrected chi connectivity index (χ1v) is 8.06. The number of amides is 1. The molecular formula is C15H11F3N4O4S. The zero-order valence-corrected chi connectivity index (χ0v) is 14.6. The lowest BCUT2D eigenvalue weighted by Crippen LogP contribution is -2.40. The number of aromatic nitrogens is 3. The molecule has 1 N–H and O–H groups in total. The fourth-order valence-electron chi connectivity index (χ4n) is 2.51. The molecule has 0 aliphatic carbocycles. The first-order valence-electron chi connectivity index (χ1n) is 7.28. The van der Waals surface area contributed by atoms with Gasteiger partial charge in [0.1, 0.15) is 5.69 Å². The highest BCUT2D eigenvalue weighted by molar-refractivity contribution is 7.13. The van der Waals surface area contributed by atoms with Crippen LogP contribution in [0, 0.1) is 0 Å². The van der Waals surface area contributed by atoms with Crippen LogP contribution in [0.25, 0.3) is 15.8 Å². The van der Waals surface area contributed by atoms with E-state index in [0.29, 0.717) is 25.3 Å². The Morgan fingerprint density at radius 3 is 2.59 bits per heavy atom. The van der Waals surface area contributed by atoms with Crippen LogP contribution >= 0.6 is 11.5 Å².